The van der Waals surface area contributed by atoms with Crippen molar-refractivity contribution in [3.8, 4) is 0 Å². The lowest BCUT2D eigenvalue weighted by atomic mass is 10.5. The molecule has 0 saturated heterocycles. The van der Waals surface area contributed by atoms with Crippen molar-refractivity contribution >= 4 is 33.9 Å². The van der Waals surface area contributed by atoms with Gasteiger partial charge >= 0.3 is 5.97 Å². The standard InChI is InChI=1S/C8H14O3S2/c1-4-11-7(9)6(3)13-8(10)12-5-2/h6H,4-5H2,1-3H3. The van der Waals surface area contributed by atoms with Crippen molar-refractivity contribution in [2.45, 2.75) is 26.0 Å². The molecule has 0 bridgehead atoms. The molecular formula is C8H14O3S2. The van der Waals surface area contributed by atoms with E-state index in [2.05, 4.69) is 0 Å². The molecule has 13 heavy (non-hydrogen) atoms. The molecule has 1 atom stereocenters. The van der Waals surface area contributed by atoms with Crippen LogP contribution in [0.25, 0.3) is 0 Å². The first kappa shape index (κ1) is 12.8. The van der Waals surface area contributed by atoms with Crippen molar-refractivity contribution in [2.24, 2.45) is 0 Å². The summed E-state index contributed by atoms with van der Waals surface area (Å²) in [6, 6.07) is 0. The second-order valence-electron chi connectivity index (χ2n) is 2.20. The molecule has 3 nitrogen and oxygen atoms in total. The maximum Gasteiger partial charge on any atom is 0.319 e. The Morgan fingerprint density at radius 3 is 2.46 bits per heavy atom. The summed E-state index contributed by atoms with van der Waals surface area (Å²) in [5, 5.41) is -0.397. The summed E-state index contributed by atoms with van der Waals surface area (Å²) in [5.74, 6) is 0.416. The second kappa shape index (κ2) is 7.26. The van der Waals surface area contributed by atoms with Crippen molar-refractivity contribution in [2.75, 3.05) is 12.4 Å². The van der Waals surface area contributed by atoms with Crippen molar-refractivity contribution in [3.05, 3.63) is 0 Å². The minimum atomic E-state index is -0.397. The summed E-state index contributed by atoms with van der Waals surface area (Å²) in [5.41, 5.74) is 0. The highest BCUT2D eigenvalue weighted by Crippen LogP contribution is 2.21. The lowest BCUT2D eigenvalue weighted by Crippen LogP contribution is -2.17. The average Bonchev–Trinajstić information content (AvgIpc) is 2.05. The van der Waals surface area contributed by atoms with Crippen LogP contribution in [-0.2, 0) is 9.53 Å². The van der Waals surface area contributed by atoms with Crippen LogP contribution in [0.2, 0.25) is 0 Å². The van der Waals surface area contributed by atoms with Crippen LogP contribution in [-0.4, -0.2) is 28.0 Å². The molecule has 0 aliphatic heterocycles. The lowest BCUT2D eigenvalue weighted by molar-refractivity contribution is -0.142. The molecule has 0 rings (SSSR count). The maximum absolute atomic E-state index is 11.1. The van der Waals surface area contributed by atoms with Gasteiger partial charge in [-0.25, -0.2) is 0 Å². The zero-order valence-electron chi connectivity index (χ0n) is 8.03. The fourth-order valence-corrected chi connectivity index (χ4v) is 2.35. The third-order valence-electron chi connectivity index (χ3n) is 1.15. The van der Waals surface area contributed by atoms with E-state index in [1.165, 1.54) is 11.8 Å². The summed E-state index contributed by atoms with van der Waals surface area (Å²) < 4.78 is 4.74. The summed E-state index contributed by atoms with van der Waals surface area (Å²) in [7, 11) is 0. The fourth-order valence-electron chi connectivity index (χ4n) is 0.604. The summed E-state index contributed by atoms with van der Waals surface area (Å²) in [6.07, 6.45) is 0. The first-order valence-corrected chi connectivity index (χ1v) is 5.98. The second-order valence-corrected chi connectivity index (χ2v) is 5.00. The van der Waals surface area contributed by atoms with E-state index in [1.54, 1.807) is 13.8 Å². The van der Waals surface area contributed by atoms with Crippen molar-refractivity contribution in [1.29, 1.82) is 0 Å². The highest BCUT2D eigenvalue weighted by Gasteiger charge is 2.18. The molecule has 0 heterocycles. The third-order valence-corrected chi connectivity index (χ3v) is 3.06. The predicted molar refractivity (Wildman–Crippen MR) is 57.2 cm³/mol. The van der Waals surface area contributed by atoms with Gasteiger partial charge < -0.3 is 4.74 Å². The molecule has 0 radical (unpaired) electrons. The molecule has 0 saturated carbocycles. The molecule has 0 N–H and O–H groups in total. The molecule has 0 aliphatic rings. The number of rotatable bonds is 4. The molecule has 0 aliphatic carbocycles. The SMILES string of the molecule is CCOC(=O)C(C)SC(=O)SCC. The van der Waals surface area contributed by atoms with E-state index in [-0.39, 0.29) is 10.4 Å². The van der Waals surface area contributed by atoms with Gasteiger partial charge in [-0.15, -0.1) is 0 Å². The summed E-state index contributed by atoms with van der Waals surface area (Å²) in [6.45, 7) is 5.69. The third kappa shape index (κ3) is 5.99. The van der Waals surface area contributed by atoms with Crippen LogP contribution in [0.4, 0.5) is 4.79 Å². The monoisotopic (exact) mass is 222 g/mol. The van der Waals surface area contributed by atoms with Crippen molar-refractivity contribution < 1.29 is 14.3 Å². The Morgan fingerprint density at radius 2 is 2.00 bits per heavy atom. The molecular weight excluding hydrogens is 208 g/mol. The highest BCUT2D eigenvalue weighted by atomic mass is 32.2. The maximum atomic E-state index is 11.1. The normalized spacial score (nSPS) is 12.2. The van der Waals surface area contributed by atoms with Gasteiger partial charge in [0.15, 0.2) is 0 Å². The average molecular weight is 222 g/mol. The molecule has 0 aromatic rings. The molecule has 76 valence electrons. The largest absolute Gasteiger partial charge is 0.465 e. The van der Waals surface area contributed by atoms with Gasteiger partial charge in [-0.1, -0.05) is 30.4 Å². The first-order chi connectivity index (χ1) is 6.11. The van der Waals surface area contributed by atoms with E-state index in [0.29, 0.717) is 6.61 Å². The van der Waals surface area contributed by atoms with Gasteiger partial charge in [0.25, 0.3) is 0 Å². The van der Waals surface area contributed by atoms with Crippen molar-refractivity contribution in [3.63, 3.8) is 0 Å². The van der Waals surface area contributed by atoms with Crippen molar-refractivity contribution in [1.82, 2.24) is 0 Å². The highest BCUT2D eigenvalue weighted by molar-refractivity contribution is 8.38. The van der Waals surface area contributed by atoms with E-state index in [4.69, 9.17) is 4.74 Å². The number of carbonyl (C=O) groups is 2. The molecule has 0 fully saturated rings. The van der Waals surface area contributed by atoms with Gasteiger partial charge in [0.2, 0.25) is 4.45 Å². The molecule has 1 unspecified atom stereocenters. The number of hydrogen-bond donors (Lipinski definition) is 0. The van der Waals surface area contributed by atoms with Crippen LogP contribution in [0.15, 0.2) is 0 Å². The zero-order valence-corrected chi connectivity index (χ0v) is 9.67. The Hall–Kier alpha value is -0.160. The fraction of sp³-hybridized carbons (Fsp3) is 0.750. The Balaban J connectivity index is 3.78. The Bertz CT molecular complexity index is 182. The van der Waals surface area contributed by atoms with Gasteiger partial charge in [0.1, 0.15) is 5.25 Å². The predicted octanol–water partition coefficient (Wildman–Crippen LogP) is 2.54. The number of thioether (sulfide) groups is 2. The minimum absolute atomic E-state index is 0.0250. The molecule has 0 amide bonds. The van der Waals surface area contributed by atoms with Gasteiger partial charge in [-0.2, -0.15) is 0 Å². The van der Waals surface area contributed by atoms with Crippen LogP contribution in [0.3, 0.4) is 0 Å². The Kier molecular flexibility index (Phi) is 7.17. The van der Waals surface area contributed by atoms with Gasteiger partial charge in [0, 0.05) is 0 Å². The number of ether oxygens (including phenoxy) is 1. The van der Waals surface area contributed by atoms with Crippen LogP contribution >= 0.6 is 23.5 Å². The molecule has 0 aromatic heterocycles. The molecule has 0 aromatic carbocycles. The van der Waals surface area contributed by atoms with E-state index in [1.807, 2.05) is 6.92 Å². The first-order valence-electron chi connectivity index (χ1n) is 4.11. The van der Waals surface area contributed by atoms with E-state index < -0.39 is 5.25 Å². The van der Waals surface area contributed by atoms with Crippen LogP contribution < -0.4 is 0 Å². The minimum Gasteiger partial charge on any atom is -0.465 e. The summed E-state index contributed by atoms with van der Waals surface area (Å²) in [4.78, 5) is 22.2. The topological polar surface area (TPSA) is 43.4 Å². The van der Waals surface area contributed by atoms with Crippen LogP contribution in [0.1, 0.15) is 20.8 Å². The smallest absolute Gasteiger partial charge is 0.319 e. The van der Waals surface area contributed by atoms with Gasteiger partial charge in [-0.3, -0.25) is 9.59 Å². The summed E-state index contributed by atoms with van der Waals surface area (Å²) >= 11 is 2.23. The lowest BCUT2D eigenvalue weighted by Gasteiger charge is -2.07. The zero-order chi connectivity index (χ0) is 10.3. The Morgan fingerprint density at radius 1 is 1.38 bits per heavy atom. The van der Waals surface area contributed by atoms with Crippen LogP contribution in [0.5, 0.6) is 0 Å². The number of carbonyl (C=O) groups excluding carboxylic acids is 2. The van der Waals surface area contributed by atoms with Crippen LogP contribution in [0, 0.1) is 0 Å². The molecule has 5 heteroatoms. The van der Waals surface area contributed by atoms with E-state index >= 15 is 0 Å². The van der Waals surface area contributed by atoms with Gasteiger partial charge in [0.05, 0.1) is 6.61 Å². The van der Waals surface area contributed by atoms with E-state index in [0.717, 1.165) is 17.5 Å². The number of esters is 1. The van der Waals surface area contributed by atoms with E-state index in [9.17, 15) is 9.59 Å². The number of hydrogen-bond acceptors (Lipinski definition) is 5. The Labute approximate surface area is 87.0 Å². The quantitative estimate of drug-likeness (QED) is 0.684. The van der Waals surface area contributed by atoms with Gasteiger partial charge in [-0.05, 0) is 19.6 Å². The molecule has 0 spiro atoms.